The van der Waals surface area contributed by atoms with E-state index >= 15 is 0 Å². The molecule has 2 aromatic carbocycles. The van der Waals surface area contributed by atoms with E-state index in [1.54, 1.807) is 29.6 Å². The second-order valence-corrected chi connectivity index (χ2v) is 8.89. The van der Waals surface area contributed by atoms with Gasteiger partial charge in [-0.1, -0.05) is 38.1 Å². The van der Waals surface area contributed by atoms with Crippen molar-refractivity contribution in [3.05, 3.63) is 75.7 Å². The summed E-state index contributed by atoms with van der Waals surface area (Å²) in [5.74, 6) is -2.06. The summed E-state index contributed by atoms with van der Waals surface area (Å²) in [6, 6.07) is 12.5. The Bertz CT molecular complexity index is 1220. The summed E-state index contributed by atoms with van der Waals surface area (Å²) < 4.78 is 10.7. The molecule has 5 N–H and O–H groups in total. The van der Waals surface area contributed by atoms with Crippen LogP contribution in [0.4, 0.5) is 5.69 Å². The van der Waals surface area contributed by atoms with Crippen molar-refractivity contribution < 1.29 is 24.2 Å². The smallest absolute Gasteiger partial charge is 0.253 e. The number of rotatable bonds is 3. The number of ether oxygens (including phenoxy) is 2. The van der Waals surface area contributed by atoms with Crippen LogP contribution in [0.1, 0.15) is 63.1 Å². The molecule has 32 heavy (non-hydrogen) atoms. The number of hydrogen-bond acceptors (Lipinski definition) is 7. The van der Waals surface area contributed by atoms with Crippen LogP contribution >= 0.6 is 11.3 Å². The quantitative estimate of drug-likeness (QED) is 0.520. The molecule has 0 bridgehead atoms. The molecule has 166 valence electrons. The van der Waals surface area contributed by atoms with Gasteiger partial charge in [0.25, 0.3) is 5.91 Å². The molecule has 2 unspecified atom stereocenters. The molecule has 0 saturated heterocycles. The number of aliphatic hydroxyl groups is 1. The average Bonchev–Trinajstić information content (AvgIpc) is 3.40. The standard InChI is InChI=1S/C18H17NO3.C6H7NO2S/c1-9(2)10-6-7-11-14(8-10)22-18(21)12-4-3-5-13(19)15(12)17(20)16(11)18;1-9-6-4(5(7)8)2-3-10-6/h3-9,16,21H,19H2,1-2H3;2-3H,1H3,(H2,7,8). The van der Waals surface area contributed by atoms with Gasteiger partial charge in [0.2, 0.25) is 5.79 Å². The van der Waals surface area contributed by atoms with Gasteiger partial charge in [0.05, 0.1) is 18.2 Å². The molecule has 3 aromatic rings. The van der Waals surface area contributed by atoms with E-state index in [1.165, 1.54) is 18.4 Å². The van der Waals surface area contributed by atoms with Gasteiger partial charge < -0.3 is 26.0 Å². The van der Waals surface area contributed by atoms with Gasteiger partial charge in [0.1, 0.15) is 11.7 Å². The molecule has 1 amide bonds. The lowest BCUT2D eigenvalue weighted by molar-refractivity contribution is -0.134. The molecular formula is C24H24N2O5S. The van der Waals surface area contributed by atoms with Crippen LogP contribution in [0.2, 0.25) is 0 Å². The molecule has 1 aromatic heterocycles. The Labute approximate surface area is 189 Å². The third kappa shape index (κ3) is 3.32. The summed E-state index contributed by atoms with van der Waals surface area (Å²) in [7, 11) is 1.51. The van der Waals surface area contributed by atoms with Crippen LogP contribution in [-0.4, -0.2) is 23.9 Å². The molecule has 2 heterocycles. The van der Waals surface area contributed by atoms with E-state index in [2.05, 4.69) is 13.8 Å². The number of fused-ring (bicyclic) bond motifs is 5. The van der Waals surface area contributed by atoms with Crippen LogP contribution in [0, 0.1) is 0 Å². The van der Waals surface area contributed by atoms with Gasteiger partial charge in [-0.25, -0.2) is 0 Å². The number of anilines is 1. The second kappa shape index (κ2) is 7.96. The van der Waals surface area contributed by atoms with Crippen LogP contribution in [0.5, 0.6) is 10.8 Å². The topological polar surface area (TPSA) is 125 Å². The average molecular weight is 453 g/mol. The zero-order chi connectivity index (χ0) is 23.2. The third-order valence-electron chi connectivity index (χ3n) is 5.74. The molecule has 0 spiro atoms. The predicted octanol–water partition coefficient (Wildman–Crippen LogP) is 3.77. The van der Waals surface area contributed by atoms with Gasteiger partial charge in [-0.2, -0.15) is 0 Å². The molecule has 2 atom stereocenters. The molecule has 8 heteroatoms. The number of nitrogen functional groups attached to an aromatic ring is 1. The maximum atomic E-state index is 12.8. The zero-order valence-corrected chi connectivity index (χ0v) is 18.7. The molecule has 0 saturated carbocycles. The van der Waals surface area contributed by atoms with Crippen molar-refractivity contribution in [2.45, 2.75) is 31.5 Å². The number of carbonyl (C=O) groups excluding carboxylic acids is 2. The number of carbonyl (C=O) groups is 2. The molecule has 1 aliphatic carbocycles. The lowest BCUT2D eigenvalue weighted by Crippen LogP contribution is -2.32. The fraction of sp³-hybridized carbons (Fsp3) is 0.250. The monoisotopic (exact) mass is 452 g/mol. The fourth-order valence-corrected chi connectivity index (χ4v) is 4.85. The molecule has 1 aliphatic heterocycles. The Balaban J connectivity index is 0.000000207. The van der Waals surface area contributed by atoms with Crippen LogP contribution < -0.4 is 20.9 Å². The van der Waals surface area contributed by atoms with Crippen LogP contribution in [0.3, 0.4) is 0 Å². The summed E-state index contributed by atoms with van der Waals surface area (Å²) in [4.78, 5) is 23.4. The van der Waals surface area contributed by atoms with E-state index in [0.29, 0.717) is 39.1 Å². The number of nitrogens with two attached hydrogens (primary N) is 2. The second-order valence-electron chi connectivity index (χ2n) is 8.01. The number of methoxy groups -OCH3 is 1. The van der Waals surface area contributed by atoms with Gasteiger partial charge >= 0.3 is 0 Å². The highest BCUT2D eigenvalue weighted by Gasteiger charge is 2.59. The highest BCUT2D eigenvalue weighted by molar-refractivity contribution is 7.12. The highest BCUT2D eigenvalue weighted by atomic mass is 32.1. The first-order valence-electron chi connectivity index (χ1n) is 10.1. The Hall–Kier alpha value is -3.36. The summed E-state index contributed by atoms with van der Waals surface area (Å²) in [5.41, 5.74) is 14.5. The Morgan fingerprint density at radius 2 is 2.00 bits per heavy atom. The summed E-state index contributed by atoms with van der Waals surface area (Å²) in [5, 5.41) is 13.4. The minimum Gasteiger partial charge on any atom is -0.487 e. The fourth-order valence-electron chi connectivity index (χ4n) is 4.13. The molecule has 0 fully saturated rings. The van der Waals surface area contributed by atoms with Crippen LogP contribution in [-0.2, 0) is 5.79 Å². The van der Waals surface area contributed by atoms with Gasteiger partial charge in [0, 0.05) is 16.8 Å². The van der Waals surface area contributed by atoms with E-state index in [9.17, 15) is 14.7 Å². The maximum absolute atomic E-state index is 12.8. The number of primary amides is 1. The van der Waals surface area contributed by atoms with Crippen molar-refractivity contribution in [2.24, 2.45) is 5.73 Å². The molecule has 5 rings (SSSR count). The zero-order valence-electron chi connectivity index (χ0n) is 17.9. The van der Waals surface area contributed by atoms with E-state index in [0.717, 1.165) is 11.1 Å². The van der Waals surface area contributed by atoms with E-state index in [4.69, 9.17) is 20.9 Å². The highest BCUT2D eigenvalue weighted by Crippen LogP contribution is 2.56. The normalized spacial score (nSPS) is 20.0. The summed E-state index contributed by atoms with van der Waals surface area (Å²) >= 11 is 1.35. The summed E-state index contributed by atoms with van der Waals surface area (Å²) in [6.07, 6.45) is 0. The van der Waals surface area contributed by atoms with Crippen LogP contribution in [0.25, 0.3) is 0 Å². The van der Waals surface area contributed by atoms with Crippen molar-refractivity contribution in [1.29, 1.82) is 0 Å². The van der Waals surface area contributed by atoms with Crippen LogP contribution in [0.15, 0.2) is 47.8 Å². The van der Waals surface area contributed by atoms with Gasteiger partial charge in [-0.3, -0.25) is 9.59 Å². The van der Waals surface area contributed by atoms with Crippen molar-refractivity contribution >= 4 is 28.7 Å². The number of hydrogen-bond donors (Lipinski definition) is 3. The number of benzene rings is 2. The number of ketones is 1. The first kappa shape index (κ1) is 21.9. The van der Waals surface area contributed by atoms with Crippen molar-refractivity contribution in [2.75, 3.05) is 12.8 Å². The van der Waals surface area contributed by atoms with E-state index < -0.39 is 17.6 Å². The SMILES string of the molecule is CC(C)c1ccc2c(c1)OC1(O)c3cccc(N)c3C(=O)C21.COc1sccc1C(N)=O. The predicted molar refractivity (Wildman–Crippen MR) is 122 cm³/mol. The molecule has 0 radical (unpaired) electrons. The largest absolute Gasteiger partial charge is 0.487 e. The van der Waals surface area contributed by atoms with E-state index in [1.807, 2.05) is 18.2 Å². The third-order valence-corrected chi connectivity index (χ3v) is 6.62. The lowest BCUT2D eigenvalue weighted by atomic mass is 9.91. The maximum Gasteiger partial charge on any atom is 0.253 e. The van der Waals surface area contributed by atoms with Gasteiger partial charge in [-0.15, -0.1) is 11.3 Å². The first-order chi connectivity index (χ1) is 15.2. The van der Waals surface area contributed by atoms with Gasteiger partial charge in [0.15, 0.2) is 10.8 Å². The minimum atomic E-state index is -1.64. The van der Waals surface area contributed by atoms with Crippen molar-refractivity contribution in [1.82, 2.24) is 0 Å². The molecule has 2 aliphatic rings. The number of amides is 1. The minimum absolute atomic E-state index is 0.174. The summed E-state index contributed by atoms with van der Waals surface area (Å²) in [6.45, 7) is 4.18. The molecule has 7 nitrogen and oxygen atoms in total. The molecular weight excluding hydrogens is 428 g/mol. The van der Waals surface area contributed by atoms with Crippen molar-refractivity contribution in [3.8, 4) is 10.8 Å². The number of Topliss-reactive ketones (excluding diaryl/α,β-unsaturated/α-hetero) is 1. The number of thiophene rings is 1. The lowest BCUT2D eigenvalue weighted by Gasteiger charge is -2.22. The van der Waals surface area contributed by atoms with Gasteiger partial charge in [-0.05, 0) is 35.1 Å². The Kier molecular flexibility index (Phi) is 5.44. The van der Waals surface area contributed by atoms with Crippen molar-refractivity contribution in [3.63, 3.8) is 0 Å². The Morgan fingerprint density at radius 1 is 1.25 bits per heavy atom. The Morgan fingerprint density at radius 3 is 2.62 bits per heavy atom. The first-order valence-corrected chi connectivity index (χ1v) is 11.0. The van der Waals surface area contributed by atoms with E-state index in [-0.39, 0.29) is 5.78 Å².